The van der Waals surface area contributed by atoms with E-state index in [9.17, 15) is 4.79 Å². The Hall–Kier alpha value is -2.19. The first-order valence-corrected chi connectivity index (χ1v) is 8.83. The van der Waals surface area contributed by atoms with E-state index in [-0.39, 0.29) is 11.8 Å². The van der Waals surface area contributed by atoms with Gasteiger partial charge < -0.3 is 0 Å². The van der Waals surface area contributed by atoms with E-state index in [4.69, 9.17) is 0 Å². The van der Waals surface area contributed by atoms with Crippen LogP contribution in [0.3, 0.4) is 0 Å². The van der Waals surface area contributed by atoms with Gasteiger partial charge in [-0.3, -0.25) is 9.69 Å². The Morgan fingerprint density at radius 3 is 2.62 bits per heavy atom. The van der Waals surface area contributed by atoms with Crippen LogP contribution in [-0.4, -0.2) is 23.3 Å². The van der Waals surface area contributed by atoms with Crippen molar-refractivity contribution in [3.05, 3.63) is 83.4 Å². The molecule has 4 rings (SSSR count). The Morgan fingerprint density at radius 1 is 1.04 bits per heavy atom. The lowest BCUT2D eigenvalue weighted by atomic mass is 9.86. The van der Waals surface area contributed by atoms with Gasteiger partial charge in [0.25, 0.3) is 0 Å². The molecule has 24 heavy (non-hydrogen) atoms. The Morgan fingerprint density at radius 2 is 1.79 bits per heavy atom. The first-order chi connectivity index (χ1) is 11.8. The van der Waals surface area contributed by atoms with Crippen molar-refractivity contribution in [1.82, 2.24) is 4.90 Å². The van der Waals surface area contributed by atoms with E-state index < -0.39 is 0 Å². The zero-order valence-corrected chi connectivity index (χ0v) is 13.9. The summed E-state index contributed by atoms with van der Waals surface area (Å²) in [7, 11) is 0. The molecule has 2 heteroatoms. The van der Waals surface area contributed by atoms with E-state index in [1.807, 2.05) is 24.3 Å². The Balaban J connectivity index is 1.65. The summed E-state index contributed by atoms with van der Waals surface area (Å²) < 4.78 is 0. The second-order valence-corrected chi connectivity index (χ2v) is 6.88. The second-order valence-electron chi connectivity index (χ2n) is 6.88. The third-order valence-corrected chi connectivity index (χ3v) is 5.53. The number of nitrogens with zero attached hydrogens (tertiary/aromatic N) is 1. The minimum absolute atomic E-state index is 0.196. The van der Waals surface area contributed by atoms with Crippen LogP contribution < -0.4 is 0 Å². The van der Waals surface area contributed by atoms with Crippen molar-refractivity contribution in [3.63, 3.8) is 0 Å². The maximum Gasteiger partial charge on any atom is 0.165 e. The number of ketones is 1. The zero-order valence-electron chi connectivity index (χ0n) is 13.9. The van der Waals surface area contributed by atoms with Gasteiger partial charge in [0, 0.05) is 30.6 Å². The number of carbonyl (C=O) groups is 1. The van der Waals surface area contributed by atoms with Crippen LogP contribution in [0.1, 0.15) is 45.9 Å². The van der Waals surface area contributed by atoms with Crippen LogP contribution >= 0.6 is 0 Å². The maximum atomic E-state index is 12.4. The van der Waals surface area contributed by atoms with Crippen LogP contribution in [-0.2, 0) is 12.8 Å². The fourth-order valence-corrected chi connectivity index (χ4v) is 4.37. The molecule has 2 aliphatic carbocycles. The van der Waals surface area contributed by atoms with Crippen LogP contribution in [0.4, 0.5) is 0 Å². The molecular formula is C22H23NO. The van der Waals surface area contributed by atoms with Gasteiger partial charge in [-0.25, -0.2) is 0 Å². The molecular weight excluding hydrogens is 294 g/mol. The molecule has 122 valence electrons. The summed E-state index contributed by atoms with van der Waals surface area (Å²) in [6.45, 7) is 4.79. The fraction of sp³-hybridized carbons (Fsp3) is 0.318. The number of aryl methyl sites for hydroxylation is 1. The normalized spacial score (nSPS) is 22.3. The second kappa shape index (κ2) is 6.37. The lowest BCUT2D eigenvalue weighted by Gasteiger charge is -2.38. The van der Waals surface area contributed by atoms with Gasteiger partial charge in [-0.2, -0.15) is 0 Å². The van der Waals surface area contributed by atoms with Crippen molar-refractivity contribution >= 4 is 5.78 Å². The summed E-state index contributed by atoms with van der Waals surface area (Å²) in [5.41, 5.74) is 5.05. The smallest absolute Gasteiger partial charge is 0.165 e. The summed E-state index contributed by atoms with van der Waals surface area (Å²) in [6, 6.07) is 17.5. The summed E-state index contributed by atoms with van der Waals surface area (Å²) in [4.78, 5) is 14.9. The highest BCUT2D eigenvalue weighted by Gasteiger charge is 2.36. The lowest BCUT2D eigenvalue weighted by Crippen LogP contribution is -2.41. The number of rotatable bonds is 4. The van der Waals surface area contributed by atoms with Crippen molar-refractivity contribution in [1.29, 1.82) is 0 Å². The van der Waals surface area contributed by atoms with Gasteiger partial charge in [0.05, 0.1) is 0 Å². The van der Waals surface area contributed by atoms with E-state index in [1.54, 1.807) is 0 Å². The molecule has 0 radical (unpaired) electrons. The molecule has 2 atom stereocenters. The van der Waals surface area contributed by atoms with E-state index in [0.29, 0.717) is 12.5 Å². The maximum absolute atomic E-state index is 12.4. The summed E-state index contributed by atoms with van der Waals surface area (Å²) in [5, 5.41) is 0. The molecule has 0 amide bonds. The molecule has 0 heterocycles. The van der Waals surface area contributed by atoms with Crippen molar-refractivity contribution in [3.8, 4) is 0 Å². The van der Waals surface area contributed by atoms with E-state index in [0.717, 1.165) is 31.4 Å². The molecule has 2 aliphatic rings. The minimum atomic E-state index is 0.196. The number of benzene rings is 2. The van der Waals surface area contributed by atoms with Crippen molar-refractivity contribution in [2.24, 2.45) is 0 Å². The molecule has 0 bridgehead atoms. The lowest BCUT2D eigenvalue weighted by molar-refractivity contribution is 0.0915. The van der Waals surface area contributed by atoms with Crippen molar-refractivity contribution < 1.29 is 4.79 Å². The number of Topliss-reactive ketones (excluding diaryl/α,β-unsaturated/α-hetero) is 1. The van der Waals surface area contributed by atoms with Gasteiger partial charge in [-0.15, -0.1) is 6.58 Å². The standard InChI is InChI=1S/C22H23NO/c1-2-13-23(18-12-11-16-7-3-4-8-17(16)14-18)21-15-22(24)20-10-6-5-9-19(20)21/h2-10,18,21H,1,11-15H2. The number of hydrogen-bond donors (Lipinski definition) is 0. The van der Waals surface area contributed by atoms with Gasteiger partial charge in [0.1, 0.15) is 0 Å². The highest BCUT2D eigenvalue weighted by atomic mass is 16.1. The molecule has 0 saturated heterocycles. The van der Waals surface area contributed by atoms with Crippen LogP contribution in [0.2, 0.25) is 0 Å². The molecule has 0 N–H and O–H groups in total. The molecule has 2 aromatic rings. The molecule has 2 aromatic carbocycles. The first kappa shape index (κ1) is 15.3. The fourth-order valence-electron chi connectivity index (χ4n) is 4.37. The first-order valence-electron chi connectivity index (χ1n) is 8.83. The third kappa shape index (κ3) is 2.61. The molecule has 0 aromatic heterocycles. The zero-order chi connectivity index (χ0) is 16.5. The summed E-state index contributed by atoms with van der Waals surface area (Å²) >= 11 is 0. The molecule has 0 fully saturated rings. The third-order valence-electron chi connectivity index (χ3n) is 5.53. The van der Waals surface area contributed by atoms with Gasteiger partial charge in [0.2, 0.25) is 0 Å². The van der Waals surface area contributed by atoms with Crippen LogP contribution in [0.5, 0.6) is 0 Å². The average Bonchev–Trinajstić information content (AvgIpc) is 2.96. The van der Waals surface area contributed by atoms with Gasteiger partial charge in [-0.1, -0.05) is 54.6 Å². The molecule has 2 nitrogen and oxygen atoms in total. The quantitative estimate of drug-likeness (QED) is 0.781. The monoisotopic (exact) mass is 317 g/mol. The molecule has 0 saturated carbocycles. The number of carbonyl (C=O) groups excluding carboxylic acids is 1. The van der Waals surface area contributed by atoms with E-state index >= 15 is 0 Å². The van der Waals surface area contributed by atoms with Crippen molar-refractivity contribution in [2.75, 3.05) is 6.54 Å². The minimum Gasteiger partial charge on any atom is -0.294 e. The molecule has 2 unspecified atom stereocenters. The van der Waals surface area contributed by atoms with E-state index in [1.165, 1.54) is 16.7 Å². The van der Waals surface area contributed by atoms with Gasteiger partial charge in [-0.05, 0) is 36.0 Å². The van der Waals surface area contributed by atoms with Gasteiger partial charge >= 0.3 is 0 Å². The Labute approximate surface area is 143 Å². The number of hydrogen-bond acceptors (Lipinski definition) is 2. The van der Waals surface area contributed by atoms with Crippen LogP contribution in [0, 0.1) is 0 Å². The number of fused-ring (bicyclic) bond motifs is 2. The topological polar surface area (TPSA) is 20.3 Å². The molecule has 0 aliphatic heterocycles. The highest BCUT2D eigenvalue weighted by Crippen LogP contribution is 2.38. The van der Waals surface area contributed by atoms with Crippen molar-refractivity contribution in [2.45, 2.75) is 37.8 Å². The predicted molar refractivity (Wildman–Crippen MR) is 97.3 cm³/mol. The Kier molecular flexibility index (Phi) is 4.07. The highest BCUT2D eigenvalue weighted by molar-refractivity contribution is 6.01. The van der Waals surface area contributed by atoms with Crippen LogP contribution in [0.15, 0.2) is 61.2 Å². The predicted octanol–water partition coefficient (Wildman–Crippen LogP) is 4.36. The summed E-state index contributed by atoms with van der Waals surface area (Å²) in [5.74, 6) is 0.279. The molecule has 0 spiro atoms. The van der Waals surface area contributed by atoms with E-state index in [2.05, 4.69) is 41.8 Å². The average molecular weight is 317 g/mol. The summed E-state index contributed by atoms with van der Waals surface area (Å²) in [6.07, 6.45) is 5.92. The Bertz CT molecular complexity index is 779. The SMILES string of the molecule is C=CCN(C1CCc2ccccc2C1)C1CC(=O)c2ccccc21. The largest absolute Gasteiger partial charge is 0.294 e. The van der Waals surface area contributed by atoms with Crippen LogP contribution in [0.25, 0.3) is 0 Å². The van der Waals surface area contributed by atoms with Gasteiger partial charge in [0.15, 0.2) is 5.78 Å².